The van der Waals surface area contributed by atoms with Gasteiger partial charge >= 0.3 is 11.9 Å². The fourth-order valence-corrected chi connectivity index (χ4v) is 2.19. The number of benzene rings is 1. The molecular formula is C15H20INO4. The Bertz CT molecular complexity index is 507. The van der Waals surface area contributed by atoms with Gasteiger partial charge in [0.05, 0.1) is 0 Å². The maximum Gasteiger partial charge on any atom is 0.322 e. The van der Waals surface area contributed by atoms with Crippen LogP contribution in [0.3, 0.4) is 0 Å². The lowest BCUT2D eigenvalue weighted by molar-refractivity contribution is -0.167. The molecule has 3 N–H and O–H groups in total. The van der Waals surface area contributed by atoms with Crippen molar-refractivity contribution in [3.63, 3.8) is 0 Å². The molecule has 0 aliphatic heterocycles. The molecule has 0 spiro atoms. The van der Waals surface area contributed by atoms with E-state index in [0.717, 1.165) is 9.13 Å². The van der Waals surface area contributed by atoms with E-state index in [9.17, 15) is 14.7 Å². The molecule has 5 nitrogen and oxygen atoms in total. The standard InChI is InChI=1S/C15H20INO4/c1-15(2,3)21-14(20)12(13(18)19)11(17)8-9-4-6-10(16)7-5-9/h4-7,11-12H,8,17H2,1-3H3,(H,18,19). The van der Waals surface area contributed by atoms with Gasteiger partial charge in [-0.2, -0.15) is 0 Å². The monoisotopic (exact) mass is 405 g/mol. The quantitative estimate of drug-likeness (QED) is 0.446. The molecule has 2 atom stereocenters. The van der Waals surface area contributed by atoms with Gasteiger partial charge in [-0.05, 0) is 67.5 Å². The fourth-order valence-electron chi connectivity index (χ4n) is 1.83. The molecule has 1 aromatic rings. The summed E-state index contributed by atoms with van der Waals surface area (Å²) in [4.78, 5) is 23.3. The zero-order valence-corrected chi connectivity index (χ0v) is 14.5. The van der Waals surface area contributed by atoms with Crippen molar-refractivity contribution in [3.8, 4) is 0 Å². The summed E-state index contributed by atoms with van der Waals surface area (Å²) in [7, 11) is 0. The molecule has 6 heteroatoms. The van der Waals surface area contributed by atoms with Crippen LogP contribution < -0.4 is 5.73 Å². The first kappa shape index (κ1) is 17.9. The summed E-state index contributed by atoms with van der Waals surface area (Å²) < 4.78 is 6.21. The molecule has 0 radical (unpaired) electrons. The summed E-state index contributed by atoms with van der Waals surface area (Å²) in [6, 6.07) is 6.72. The van der Waals surface area contributed by atoms with Crippen molar-refractivity contribution in [2.24, 2.45) is 11.7 Å². The molecule has 2 unspecified atom stereocenters. The minimum Gasteiger partial charge on any atom is -0.481 e. The van der Waals surface area contributed by atoms with E-state index in [2.05, 4.69) is 22.6 Å². The van der Waals surface area contributed by atoms with Gasteiger partial charge < -0.3 is 15.6 Å². The molecule has 0 heterocycles. The van der Waals surface area contributed by atoms with E-state index in [1.165, 1.54) is 0 Å². The van der Waals surface area contributed by atoms with Gasteiger partial charge in [0.15, 0.2) is 5.92 Å². The molecule has 1 rings (SSSR count). The molecule has 0 bridgehead atoms. The summed E-state index contributed by atoms with van der Waals surface area (Å²) in [5.41, 5.74) is 6.07. The first-order valence-electron chi connectivity index (χ1n) is 6.56. The van der Waals surface area contributed by atoms with Crippen molar-refractivity contribution in [2.75, 3.05) is 0 Å². The zero-order chi connectivity index (χ0) is 16.2. The van der Waals surface area contributed by atoms with E-state index in [0.29, 0.717) is 6.42 Å². The number of carbonyl (C=O) groups is 2. The number of aliphatic carboxylic acids is 1. The van der Waals surface area contributed by atoms with E-state index in [1.807, 2.05) is 24.3 Å². The van der Waals surface area contributed by atoms with Crippen molar-refractivity contribution < 1.29 is 19.4 Å². The van der Waals surface area contributed by atoms with Crippen LogP contribution >= 0.6 is 22.6 Å². The highest BCUT2D eigenvalue weighted by molar-refractivity contribution is 14.1. The first-order valence-corrected chi connectivity index (χ1v) is 7.64. The topological polar surface area (TPSA) is 89.6 Å². The van der Waals surface area contributed by atoms with Gasteiger partial charge in [-0.25, -0.2) is 0 Å². The van der Waals surface area contributed by atoms with Gasteiger partial charge in [0, 0.05) is 9.61 Å². The highest BCUT2D eigenvalue weighted by atomic mass is 127. The number of halogens is 1. The van der Waals surface area contributed by atoms with Crippen molar-refractivity contribution >= 4 is 34.5 Å². The Morgan fingerprint density at radius 3 is 2.24 bits per heavy atom. The summed E-state index contributed by atoms with van der Waals surface area (Å²) in [5.74, 6) is -3.43. The summed E-state index contributed by atoms with van der Waals surface area (Å²) in [6.07, 6.45) is 0.299. The Hall–Kier alpha value is -1.15. The third-order valence-electron chi connectivity index (χ3n) is 2.74. The van der Waals surface area contributed by atoms with E-state index in [-0.39, 0.29) is 0 Å². The van der Waals surface area contributed by atoms with Gasteiger partial charge in [0.1, 0.15) is 5.60 Å². The Morgan fingerprint density at radius 2 is 1.81 bits per heavy atom. The van der Waals surface area contributed by atoms with E-state index >= 15 is 0 Å². The number of hydrogen-bond acceptors (Lipinski definition) is 4. The van der Waals surface area contributed by atoms with Crippen LogP contribution in [0, 0.1) is 9.49 Å². The van der Waals surface area contributed by atoms with E-state index < -0.39 is 29.5 Å². The molecular weight excluding hydrogens is 385 g/mol. The maximum atomic E-state index is 12.0. The van der Waals surface area contributed by atoms with Crippen LogP contribution in [0.5, 0.6) is 0 Å². The molecule has 0 fully saturated rings. The molecule has 0 saturated heterocycles. The fraction of sp³-hybridized carbons (Fsp3) is 0.467. The minimum absolute atomic E-state index is 0.299. The minimum atomic E-state index is -1.37. The molecule has 21 heavy (non-hydrogen) atoms. The van der Waals surface area contributed by atoms with Crippen LogP contribution in [0.25, 0.3) is 0 Å². The summed E-state index contributed by atoms with van der Waals surface area (Å²) in [5, 5.41) is 9.25. The number of ether oxygens (including phenoxy) is 1. The SMILES string of the molecule is CC(C)(C)OC(=O)C(C(=O)O)C(N)Cc1ccc(I)cc1. The van der Waals surface area contributed by atoms with E-state index in [1.54, 1.807) is 20.8 Å². The van der Waals surface area contributed by atoms with Crippen molar-refractivity contribution in [1.29, 1.82) is 0 Å². The summed E-state index contributed by atoms with van der Waals surface area (Å²) >= 11 is 2.18. The molecule has 0 aliphatic carbocycles. The third kappa shape index (κ3) is 6.01. The second kappa shape index (κ2) is 7.22. The number of rotatable bonds is 5. The van der Waals surface area contributed by atoms with Crippen LogP contribution in [0.15, 0.2) is 24.3 Å². The second-order valence-corrected chi connectivity index (χ2v) is 7.09. The molecule has 0 aromatic heterocycles. The largest absolute Gasteiger partial charge is 0.481 e. The molecule has 0 saturated carbocycles. The van der Waals surface area contributed by atoms with Crippen molar-refractivity contribution in [3.05, 3.63) is 33.4 Å². The number of carboxylic acids is 1. The summed E-state index contributed by atoms with van der Waals surface area (Å²) in [6.45, 7) is 5.07. The molecule has 116 valence electrons. The number of esters is 1. The Balaban J connectivity index is 2.82. The zero-order valence-electron chi connectivity index (χ0n) is 12.3. The smallest absolute Gasteiger partial charge is 0.322 e. The van der Waals surface area contributed by atoms with Crippen LogP contribution in [0.4, 0.5) is 0 Å². The highest BCUT2D eigenvalue weighted by Gasteiger charge is 2.36. The predicted octanol–water partition coefficient (Wildman–Crippen LogP) is 2.20. The average molecular weight is 405 g/mol. The normalized spacial score (nSPS) is 14.3. The Kier molecular flexibility index (Phi) is 6.15. The second-order valence-electron chi connectivity index (χ2n) is 5.84. The lowest BCUT2D eigenvalue weighted by atomic mass is 9.94. The number of hydrogen-bond donors (Lipinski definition) is 2. The van der Waals surface area contributed by atoms with Gasteiger partial charge in [-0.15, -0.1) is 0 Å². The van der Waals surface area contributed by atoms with Gasteiger partial charge in [-0.1, -0.05) is 12.1 Å². The first-order chi connectivity index (χ1) is 9.60. The third-order valence-corrected chi connectivity index (χ3v) is 3.46. The van der Waals surface area contributed by atoms with Crippen molar-refractivity contribution in [2.45, 2.75) is 38.8 Å². The molecule has 1 aromatic carbocycles. The predicted molar refractivity (Wildman–Crippen MR) is 87.8 cm³/mol. The lowest BCUT2D eigenvalue weighted by Crippen LogP contribution is -2.45. The van der Waals surface area contributed by atoms with Gasteiger partial charge in [-0.3, -0.25) is 9.59 Å². The van der Waals surface area contributed by atoms with E-state index in [4.69, 9.17) is 10.5 Å². The van der Waals surface area contributed by atoms with Gasteiger partial charge in [0.25, 0.3) is 0 Å². The highest BCUT2D eigenvalue weighted by Crippen LogP contribution is 2.17. The average Bonchev–Trinajstić information content (AvgIpc) is 2.29. The van der Waals surface area contributed by atoms with Crippen LogP contribution in [0.2, 0.25) is 0 Å². The van der Waals surface area contributed by atoms with Crippen LogP contribution in [-0.4, -0.2) is 28.7 Å². The molecule has 0 aliphatic rings. The number of nitrogens with two attached hydrogens (primary N) is 1. The number of carboxylic acid groups (broad SMARTS) is 1. The Morgan fingerprint density at radius 1 is 1.29 bits per heavy atom. The van der Waals surface area contributed by atoms with Crippen molar-refractivity contribution in [1.82, 2.24) is 0 Å². The van der Waals surface area contributed by atoms with Crippen LogP contribution in [0.1, 0.15) is 26.3 Å². The Labute approximate surface area is 138 Å². The van der Waals surface area contributed by atoms with Crippen LogP contribution in [-0.2, 0) is 20.7 Å². The van der Waals surface area contributed by atoms with Gasteiger partial charge in [0.2, 0.25) is 0 Å². The lowest BCUT2D eigenvalue weighted by Gasteiger charge is -2.25. The maximum absolute atomic E-state index is 12.0. The number of carbonyl (C=O) groups excluding carboxylic acids is 1. The molecule has 0 amide bonds.